The van der Waals surface area contributed by atoms with E-state index in [1.807, 2.05) is 0 Å². The van der Waals surface area contributed by atoms with Crippen LogP contribution >= 0.6 is 0 Å². The van der Waals surface area contributed by atoms with E-state index in [0.29, 0.717) is 0 Å². The Labute approximate surface area is 155 Å². The van der Waals surface area contributed by atoms with Crippen molar-refractivity contribution in [1.29, 1.82) is 0 Å². The van der Waals surface area contributed by atoms with Crippen LogP contribution in [-0.4, -0.2) is 9.97 Å². The third-order valence-electron chi connectivity index (χ3n) is 3.60. The molecule has 1 aromatic heterocycles. The highest BCUT2D eigenvalue weighted by atomic mass is 19.4. The largest absolute Gasteiger partial charge is 0.418 e. The average Bonchev–Trinajstić information content (AvgIpc) is 2.61. The van der Waals surface area contributed by atoms with E-state index in [0.717, 1.165) is 18.2 Å². The highest BCUT2D eigenvalue weighted by molar-refractivity contribution is 5.63. The Morgan fingerprint density at radius 2 is 1.50 bits per heavy atom. The molecule has 0 unspecified atom stereocenters. The lowest BCUT2D eigenvalue weighted by Gasteiger charge is -2.14. The van der Waals surface area contributed by atoms with Crippen LogP contribution in [0.5, 0.6) is 0 Å². The molecule has 0 saturated heterocycles. The summed E-state index contributed by atoms with van der Waals surface area (Å²) >= 11 is 0. The van der Waals surface area contributed by atoms with E-state index in [-0.39, 0.29) is 23.1 Å². The van der Waals surface area contributed by atoms with Crippen molar-refractivity contribution < 1.29 is 26.3 Å². The van der Waals surface area contributed by atoms with Gasteiger partial charge in [-0.25, -0.2) is 4.98 Å². The molecule has 0 aliphatic carbocycles. The number of hydrogen-bond donors (Lipinski definition) is 2. The predicted octanol–water partition coefficient (Wildman–Crippen LogP) is 6.00. The smallest absolute Gasteiger partial charge is 0.340 e. The number of rotatable bonds is 4. The molecule has 0 spiro atoms. The summed E-state index contributed by atoms with van der Waals surface area (Å²) in [6.07, 6.45) is -7.81. The summed E-state index contributed by atoms with van der Waals surface area (Å²) in [7, 11) is 0. The van der Waals surface area contributed by atoms with Crippen molar-refractivity contribution in [2.24, 2.45) is 0 Å². The first-order chi connectivity index (χ1) is 13.1. The van der Waals surface area contributed by atoms with Crippen LogP contribution in [0, 0.1) is 0 Å². The van der Waals surface area contributed by atoms with Gasteiger partial charge in [-0.05, 0) is 36.4 Å². The third kappa shape index (κ3) is 4.70. The first-order valence-corrected chi connectivity index (χ1v) is 7.83. The van der Waals surface area contributed by atoms with Gasteiger partial charge in [0.1, 0.15) is 5.82 Å². The molecule has 28 heavy (non-hydrogen) atoms. The fraction of sp³-hybridized carbons (Fsp3) is 0.111. The third-order valence-corrected chi connectivity index (χ3v) is 3.60. The summed E-state index contributed by atoms with van der Waals surface area (Å²) in [5.41, 5.74) is -1.85. The van der Waals surface area contributed by atoms with Gasteiger partial charge in [0.15, 0.2) is 0 Å². The zero-order chi connectivity index (χ0) is 20.4. The van der Waals surface area contributed by atoms with Crippen LogP contribution in [0.15, 0.2) is 60.8 Å². The number of benzene rings is 2. The highest BCUT2D eigenvalue weighted by Crippen LogP contribution is 2.36. The van der Waals surface area contributed by atoms with Crippen molar-refractivity contribution >= 4 is 23.1 Å². The van der Waals surface area contributed by atoms with Crippen LogP contribution < -0.4 is 10.6 Å². The molecule has 0 amide bonds. The molecule has 0 aliphatic rings. The fourth-order valence-corrected chi connectivity index (χ4v) is 2.37. The summed E-state index contributed by atoms with van der Waals surface area (Å²) in [5, 5.41) is 5.15. The first kappa shape index (κ1) is 19.5. The lowest BCUT2D eigenvalue weighted by molar-refractivity contribution is -0.138. The Morgan fingerprint density at radius 1 is 0.750 bits per heavy atom. The number of alkyl halides is 6. The predicted molar refractivity (Wildman–Crippen MR) is 91.5 cm³/mol. The van der Waals surface area contributed by atoms with Gasteiger partial charge in [0.25, 0.3) is 0 Å². The summed E-state index contributed by atoms with van der Waals surface area (Å²) in [4.78, 5) is 7.87. The number of hydrogen-bond acceptors (Lipinski definition) is 4. The van der Waals surface area contributed by atoms with Crippen molar-refractivity contribution in [2.75, 3.05) is 10.6 Å². The Morgan fingerprint density at radius 3 is 2.21 bits per heavy atom. The topological polar surface area (TPSA) is 49.8 Å². The number of para-hydroxylation sites is 1. The van der Waals surface area contributed by atoms with E-state index >= 15 is 0 Å². The number of aromatic nitrogens is 2. The maximum atomic E-state index is 13.1. The minimum atomic E-state index is -4.56. The van der Waals surface area contributed by atoms with E-state index in [1.54, 1.807) is 0 Å². The van der Waals surface area contributed by atoms with Gasteiger partial charge in [-0.1, -0.05) is 18.2 Å². The monoisotopic (exact) mass is 398 g/mol. The molecule has 4 nitrogen and oxygen atoms in total. The van der Waals surface area contributed by atoms with E-state index in [1.165, 1.54) is 42.6 Å². The number of anilines is 4. The molecule has 0 atom stereocenters. The zero-order valence-corrected chi connectivity index (χ0v) is 13.9. The molecule has 3 rings (SSSR count). The van der Waals surface area contributed by atoms with Gasteiger partial charge in [0.2, 0.25) is 5.95 Å². The maximum Gasteiger partial charge on any atom is 0.418 e. The summed E-state index contributed by atoms with van der Waals surface area (Å²) in [6.45, 7) is 0. The standard InChI is InChI=1S/C18H12F6N4/c19-17(20,21)11-4-3-5-12(10-11)26-16-25-9-8-15(28-16)27-14-7-2-1-6-13(14)18(22,23)24/h1-10H,(H2,25,26,27,28). The molecule has 1 heterocycles. The summed E-state index contributed by atoms with van der Waals surface area (Å²) < 4.78 is 77.6. The van der Waals surface area contributed by atoms with Gasteiger partial charge in [-0.2, -0.15) is 31.3 Å². The van der Waals surface area contributed by atoms with Crippen molar-refractivity contribution in [1.82, 2.24) is 9.97 Å². The second-order valence-corrected chi connectivity index (χ2v) is 5.64. The van der Waals surface area contributed by atoms with E-state index < -0.39 is 23.5 Å². The van der Waals surface area contributed by atoms with Gasteiger partial charge >= 0.3 is 12.4 Å². The van der Waals surface area contributed by atoms with Gasteiger partial charge in [0, 0.05) is 11.9 Å². The molecular formula is C18H12F6N4. The Kier molecular flexibility index (Phi) is 5.12. The van der Waals surface area contributed by atoms with Gasteiger partial charge in [-0.15, -0.1) is 0 Å². The lowest BCUT2D eigenvalue weighted by Crippen LogP contribution is -2.09. The van der Waals surface area contributed by atoms with Crippen LogP contribution in [0.3, 0.4) is 0 Å². The molecule has 0 saturated carbocycles. The molecule has 0 radical (unpaired) electrons. The lowest BCUT2D eigenvalue weighted by atomic mass is 10.1. The summed E-state index contributed by atoms with van der Waals surface area (Å²) in [6, 6.07) is 10.6. The quantitative estimate of drug-likeness (QED) is 0.529. The molecule has 2 N–H and O–H groups in total. The average molecular weight is 398 g/mol. The number of nitrogens with zero attached hydrogens (tertiary/aromatic N) is 2. The minimum Gasteiger partial charge on any atom is -0.340 e. The molecule has 3 aromatic rings. The second kappa shape index (κ2) is 7.37. The van der Waals surface area contributed by atoms with Gasteiger partial charge < -0.3 is 10.6 Å². The molecule has 0 aliphatic heterocycles. The molecule has 0 bridgehead atoms. The summed E-state index contributed by atoms with van der Waals surface area (Å²) in [5.74, 6) is -0.0324. The van der Waals surface area contributed by atoms with Crippen molar-refractivity contribution in [2.45, 2.75) is 12.4 Å². The second-order valence-electron chi connectivity index (χ2n) is 5.64. The van der Waals surface area contributed by atoms with Crippen LogP contribution in [0.25, 0.3) is 0 Å². The van der Waals surface area contributed by atoms with Crippen LogP contribution in [0.2, 0.25) is 0 Å². The van der Waals surface area contributed by atoms with Crippen molar-refractivity contribution in [3.05, 3.63) is 71.9 Å². The van der Waals surface area contributed by atoms with Crippen molar-refractivity contribution in [3.8, 4) is 0 Å². The molecule has 2 aromatic carbocycles. The van der Waals surface area contributed by atoms with E-state index in [9.17, 15) is 26.3 Å². The number of nitrogens with one attached hydrogen (secondary N) is 2. The van der Waals surface area contributed by atoms with Gasteiger partial charge in [-0.3, -0.25) is 0 Å². The van der Waals surface area contributed by atoms with E-state index in [4.69, 9.17) is 0 Å². The van der Waals surface area contributed by atoms with Crippen molar-refractivity contribution in [3.63, 3.8) is 0 Å². The van der Waals surface area contributed by atoms with Crippen LogP contribution in [0.1, 0.15) is 11.1 Å². The maximum absolute atomic E-state index is 13.1. The molecule has 146 valence electrons. The molecule has 10 heteroatoms. The van der Waals surface area contributed by atoms with E-state index in [2.05, 4.69) is 20.6 Å². The fourth-order valence-electron chi connectivity index (χ4n) is 2.37. The Balaban J connectivity index is 1.83. The minimum absolute atomic E-state index is 0.0428. The highest BCUT2D eigenvalue weighted by Gasteiger charge is 2.33. The number of halogens is 6. The molecular weight excluding hydrogens is 386 g/mol. The Hall–Kier alpha value is -3.30. The SMILES string of the molecule is FC(F)(F)c1cccc(Nc2nccc(Nc3ccccc3C(F)(F)F)n2)c1. The zero-order valence-electron chi connectivity index (χ0n) is 13.9. The normalized spacial score (nSPS) is 11.9. The van der Waals surface area contributed by atoms with Crippen LogP contribution in [0.4, 0.5) is 49.5 Å². The van der Waals surface area contributed by atoms with Gasteiger partial charge in [0.05, 0.1) is 16.8 Å². The molecule has 0 fully saturated rings. The Bertz CT molecular complexity index is 969. The first-order valence-electron chi connectivity index (χ1n) is 7.83. The van der Waals surface area contributed by atoms with Crippen LogP contribution in [-0.2, 0) is 12.4 Å².